The van der Waals surface area contributed by atoms with E-state index in [1.807, 2.05) is 24.3 Å². The van der Waals surface area contributed by atoms with Gasteiger partial charge < -0.3 is 24.5 Å². The number of phenolic OH excluding ortho intramolecular Hbond substituents is 1. The second-order valence-electron chi connectivity index (χ2n) is 16.2. The molecule has 2 N–H and O–H groups in total. The third kappa shape index (κ3) is 6.97. The molecule has 10 nitrogen and oxygen atoms in total. The molecule has 0 radical (unpaired) electrons. The highest BCUT2D eigenvalue weighted by molar-refractivity contribution is 6.05. The predicted molar refractivity (Wildman–Crippen MR) is 212 cm³/mol. The third-order valence-electron chi connectivity index (χ3n) is 12.7. The highest BCUT2D eigenvalue weighted by atomic mass is 19.1. The molecule has 0 saturated carbocycles. The van der Waals surface area contributed by atoms with E-state index in [-0.39, 0.29) is 47.5 Å². The summed E-state index contributed by atoms with van der Waals surface area (Å²) in [6.45, 7) is 9.25. The van der Waals surface area contributed by atoms with Gasteiger partial charge in [0.2, 0.25) is 11.8 Å². The molecule has 4 aromatic carbocycles. The summed E-state index contributed by atoms with van der Waals surface area (Å²) in [5, 5.41) is 12.5. The van der Waals surface area contributed by atoms with Gasteiger partial charge >= 0.3 is 0 Å². The van der Waals surface area contributed by atoms with E-state index in [0.717, 1.165) is 86.6 Å². The SMILES string of the molecule is Cc1cccc([C@H]2COc3cc(O)ccc3[C@H]2c2ccc(N3CCC(CN4CCN(c5ccc6c(c5)CN([C@H]5CCC(=O)NC5=O)C6=O)CC4)CC3)c(F)c2)c1. The number of benzene rings is 4. The quantitative estimate of drug-likeness (QED) is 0.223. The normalized spacial score (nSPS) is 23.1. The Morgan fingerprint density at radius 3 is 2.43 bits per heavy atom. The number of hydrogen-bond acceptors (Lipinski definition) is 8. The summed E-state index contributed by atoms with van der Waals surface area (Å²) in [4.78, 5) is 46.0. The number of nitrogens with one attached hydrogen (secondary N) is 1. The Hall–Kier alpha value is -5.42. The fourth-order valence-corrected chi connectivity index (χ4v) is 9.64. The minimum absolute atomic E-state index is 0.00621. The lowest BCUT2D eigenvalue weighted by Gasteiger charge is -2.40. The average Bonchev–Trinajstić information content (AvgIpc) is 3.52. The molecule has 3 fully saturated rings. The zero-order valence-electron chi connectivity index (χ0n) is 31.8. The molecule has 0 aromatic heterocycles. The summed E-state index contributed by atoms with van der Waals surface area (Å²) in [5.41, 5.74) is 7.50. The Labute approximate surface area is 326 Å². The lowest BCUT2D eigenvalue weighted by Crippen LogP contribution is -2.52. The maximum Gasteiger partial charge on any atom is 0.255 e. The zero-order chi connectivity index (χ0) is 38.5. The molecule has 5 aliphatic rings. The van der Waals surface area contributed by atoms with E-state index in [1.54, 1.807) is 23.1 Å². The average molecular weight is 758 g/mol. The van der Waals surface area contributed by atoms with Crippen molar-refractivity contribution in [1.82, 2.24) is 15.1 Å². The third-order valence-corrected chi connectivity index (χ3v) is 12.7. The van der Waals surface area contributed by atoms with Gasteiger partial charge in [-0.25, -0.2) is 4.39 Å². The highest BCUT2D eigenvalue weighted by Gasteiger charge is 2.40. The van der Waals surface area contributed by atoms with Crippen molar-refractivity contribution >= 4 is 29.1 Å². The van der Waals surface area contributed by atoms with Crippen LogP contribution in [-0.4, -0.2) is 91.1 Å². The van der Waals surface area contributed by atoms with Gasteiger partial charge in [-0.05, 0) is 85.2 Å². The Morgan fingerprint density at radius 1 is 0.839 bits per heavy atom. The Kier molecular flexibility index (Phi) is 9.65. The Morgan fingerprint density at radius 2 is 1.66 bits per heavy atom. The van der Waals surface area contributed by atoms with E-state index in [2.05, 4.69) is 63.3 Å². The fraction of sp³-hybridized carbons (Fsp3) is 0.400. The standard InChI is InChI=1S/C45H48FN5O5/c1-28-3-2-4-30(21-28)37-27-56-41-24-34(52)7-9-36(41)43(37)31-5-10-39(38(46)23-31)50-15-13-29(14-16-50)25-48-17-19-49(20-18-48)33-6-8-35-32(22-33)26-51(45(35)55)40-11-12-42(53)47-44(40)54/h2-10,21-24,29,37,40,43,52H,11-20,25-27H2,1H3,(H,47,53,54)/t37-,40+,43-/m1/s1. The van der Waals surface area contributed by atoms with E-state index >= 15 is 4.39 Å². The highest BCUT2D eigenvalue weighted by Crippen LogP contribution is 2.47. The van der Waals surface area contributed by atoms with Crippen molar-refractivity contribution in [1.29, 1.82) is 0 Å². The van der Waals surface area contributed by atoms with Crippen LogP contribution in [0.5, 0.6) is 11.5 Å². The molecule has 3 saturated heterocycles. The number of piperazine rings is 1. The molecule has 11 heteroatoms. The molecule has 290 valence electrons. The lowest BCUT2D eigenvalue weighted by atomic mass is 9.75. The number of phenols is 1. The van der Waals surface area contributed by atoms with Crippen LogP contribution in [0, 0.1) is 18.7 Å². The smallest absolute Gasteiger partial charge is 0.255 e. The first-order valence-corrected chi connectivity index (χ1v) is 20.0. The van der Waals surface area contributed by atoms with Crippen LogP contribution in [0.25, 0.3) is 0 Å². The zero-order valence-corrected chi connectivity index (χ0v) is 31.8. The van der Waals surface area contributed by atoms with E-state index in [9.17, 15) is 19.5 Å². The molecule has 3 atom stereocenters. The monoisotopic (exact) mass is 757 g/mol. The number of fused-ring (bicyclic) bond motifs is 2. The number of amides is 3. The summed E-state index contributed by atoms with van der Waals surface area (Å²) >= 11 is 0. The van der Waals surface area contributed by atoms with Gasteiger partial charge in [-0.1, -0.05) is 42.0 Å². The van der Waals surface area contributed by atoms with Crippen LogP contribution < -0.4 is 19.9 Å². The number of ether oxygens (including phenoxy) is 1. The molecule has 0 aliphatic carbocycles. The first-order chi connectivity index (χ1) is 27.2. The van der Waals surface area contributed by atoms with Crippen molar-refractivity contribution in [2.45, 2.75) is 57.0 Å². The summed E-state index contributed by atoms with van der Waals surface area (Å²) in [5.74, 6) is 0.223. The van der Waals surface area contributed by atoms with Crippen LogP contribution in [0.3, 0.4) is 0 Å². The second-order valence-corrected chi connectivity index (χ2v) is 16.2. The number of aryl methyl sites for hydroxylation is 1. The van der Waals surface area contributed by atoms with Crippen LogP contribution in [0.4, 0.5) is 15.8 Å². The van der Waals surface area contributed by atoms with Crippen molar-refractivity contribution < 1.29 is 28.6 Å². The van der Waals surface area contributed by atoms with Gasteiger partial charge in [0, 0.05) is 93.5 Å². The minimum atomic E-state index is -0.609. The van der Waals surface area contributed by atoms with Crippen molar-refractivity contribution in [3.63, 3.8) is 0 Å². The first-order valence-electron chi connectivity index (χ1n) is 20.0. The molecule has 5 heterocycles. The molecule has 5 aliphatic heterocycles. The van der Waals surface area contributed by atoms with E-state index in [1.165, 1.54) is 5.56 Å². The number of carbonyl (C=O) groups is 3. The van der Waals surface area contributed by atoms with Crippen LogP contribution in [-0.2, 0) is 16.1 Å². The molecule has 56 heavy (non-hydrogen) atoms. The summed E-state index contributed by atoms with van der Waals surface area (Å²) in [7, 11) is 0. The molecule has 4 aromatic rings. The number of imide groups is 1. The number of nitrogens with zero attached hydrogens (tertiary/aromatic N) is 4. The van der Waals surface area contributed by atoms with Gasteiger partial charge in [0.05, 0.1) is 12.3 Å². The molecule has 0 bridgehead atoms. The first kappa shape index (κ1) is 36.2. The summed E-state index contributed by atoms with van der Waals surface area (Å²) in [6, 6.07) is 24.8. The Bertz CT molecular complexity index is 2180. The van der Waals surface area contributed by atoms with Gasteiger partial charge in [-0.15, -0.1) is 0 Å². The van der Waals surface area contributed by atoms with Gasteiger partial charge in [0.15, 0.2) is 0 Å². The van der Waals surface area contributed by atoms with E-state index < -0.39 is 6.04 Å². The predicted octanol–water partition coefficient (Wildman–Crippen LogP) is 5.95. The van der Waals surface area contributed by atoms with Gasteiger partial charge in [-0.3, -0.25) is 24.6 Å². The van der Waals surface area contributed by atoms with Crippen LogP contribution in [0.1, 0.15) is 75.7 Å². The Balaban J connectivity index is 0.799. The number of piperidine rings is 2. The van der Waals surface area contributed by atoms with Crippen molar-refractivity contribution in [3.05, 3.63) is 118 Å². The second kappa shape index (κ2) is 14.9. The lowest BCUT2D eigenvalue weighted by molar-refractivity contribution is -0.136. The molecular formula is C45H48FN5O5. The van der Waals surface area contributed by atoms with Crippen molar-refractivity contribution in [2.75, 3.05) is 62.2 Å². The largest absolute Gasteiger partial charge is 0.508 e. The van der Waals surface area contributed by atoms with Crippen molar-refractivity contribution in [2.24, 2.45) is 5.92 Å². The van der Waals surface area contributed by atoms with E-state index in [0.29, 0.717) is 42.5 Å². The molecule has 9 rings (SSSR count). The van der Waals surface area contributed by atoms with Gasteiger partial charge in [-0.2, -0.15) is 0 Å². The van der Waals surface area contributed by atoms with Crippen LogP contribution in [0.15, 0.2) is 78.9 Å². The fourth-order valence-electron chi connectivity index (χ4n) is 9.64. The van der Waals surface area contributed by atoms with E-state index in [4.69, 9.17) is 4.74 Å². The summed E-state index contributed by atoms with van der Waals surface area (Å²) in [6.07, 6.45) is 2.62. The molecular weight excluding hydrogens is 710 g/mol. The van der Waals surface area contributed by atoms with Crippen LogP contribution in [0.2, 0.25) is 0 Å². The number of anilines is 2. The van der Waals surface area contributed by atoms with Crippen LogP contribution >= 0.6 is 0 Å². The number of hydrogen-bond donors (Lipinski definition) is 2. The maximum absolute atomic E-state index is 16.1. The molecule has 3 amide bonds. The maximum atomic E-state index is 16.1. The molecule has 0 unspecified atom stereocenters. The molecule has 0 spiro atoms. The van der Waals surface area contributed by atoms with Gasteiger partial charge in [0.1, 0.15) is 23.4 Å². The number of rotatable bonds is 7. The number of aromatic hydroxyl groups is 1. The topological polar surface area (TPSA) is 106 Å². The summed E-state index contributed by atoms with van der Waals surface area (Å²) < 4.78 is 22.3. The number of halogens is 1. The van der Waals surface area contributed by atoms with Gasteiger partial charge in [0.25, 0.3) is 5.91 Å². The minimum Gasteiger partial charge on any atom is -0.508 e. The van der Waals surface area contributed by atoms with Crippen molar-refractivity contribution in [3.8, 4) is 11.5 Å². The number of carbonyl (C=O) groups excluding carboxylic acids is 3.